The van der Waals surface area contributed by atoms with Gasteiger partial charge in [-0.05, 0) is 61.0 Å². The topological polar surface area (TPSA) is 87.8 Å². The predicted octanol–water partition coefficient (Wildman–Crippen LogP) is 4.72. The minimum Gasteiger partial charge on any atom is -0.324 e. The van der Waals surface area contributed by atoms with Crippen LogP contribution in [0.15, 0.2) is 71.6 Å². The maximum Gasteiger partial charge on any atom is 0.261 e. The van der Waals surface area contributed by atoms with Crippen LogP contribution in [0, 0.1) is 18.3 Å². The standard InChI is InChI=1S/C22H17ClN4O2S/c1-15-25-21-7-2-3-8-22(21)27(15)14-17-12-18(9-10-20(17)23)26-30(28,29)19-6-4-5-16(11-19)13-24/h2-12,26H,14H2,1H3. The summed E-state index contributed by atoms with van der Waals surface area (Å²) >= 11 is 6.40. The Morgan fingerprint density at radius 2 is 1.90 bits per heavy atom. The van der Waals surface area contributed by atoms with Gasteiger partial charge >= 0.3 is 0 Å². The first kappa shape index (κ1) is 20.0. The number of para-hydroxylation sites is 2. The molecule has 150 valence electrons. The van der Waals surface area contributed by atoms with E-state index in [9.17, 15) is 8.42 Å². The van der Waals surface area contributed by atoms with Gasteiger partial charge in [-0.15, -0.1) is 0 Å². The van der Waals surface area contributed by atoms with Gasteiger partial charge in [-0.25, -0.2) is 13.4 Å². The summed E-state index contributed by atoms with van der Waals surface area (Å²) in [4.78, 5) is 4.58. The van der Waals surface area contributed by atoms with Gasteiger partial charge in [0.25, 0.3) is 10.0 Å². The van der Waals surface area contributed by atoms with Gasteiger partial charge in [0.05, 0.1) is 34.1 Å². The summed E-state index contributed by atoms with van der Waals surface area (Å²) in [6.07, 6.45) is 0. The Kier molecular flexibility index (Phi) is 5.20. The lowest BCUT2D eigenvalue weighted by molar-refractivity contribution is 0.601. The average Bonchev–Trinajstić information content (AvgIpc) is 3.05. The van der Waals surface area contributed by atoms with Crippen LogP contribution in [0.25, 0.3) is 11.0 Å². The predicted molar refractivity (Wildman–Crippen MR) is 117 cm³/mol. The Labute approximate surface area is 179 Å². The molecule has 0 amide bonds. The van der Waals surface area contributed by atoms with Crippen LogP contribution in [0.1, 0.15) is 17.0 Å². The highest BCUT2D eigenvalue weighted by Crippen LogP contribution is 2.26. The summed E-state index contributed by atoms with van der Waals surface area (Å²) in [5.41, 5.74) is 3.29. The third kappa shape index (κ3) is 3.88. The second-order valence-corrected chi connectivity index (χ2v) is 8.87. The monoisotopic (exact) mass is 436 g/mol. The third-order valence-corrected chi connectivity index (χ3v) is 6.49. The maximum atomic E-state index is 12.7. The Balaban J connectivity index is 1.66. The highest BCUT2D eigenvalue weighted by atomic mass is 35.5. The van der Waals surface area contributed by atoms with Gasteiger partial charge in [-0.2, -0.15) is 5.26 Å². The molecule has 0 aliphatic carbocycles. The highest BCUT2D eigenvalue weighted by molar-refractivity contribution is 7.92. The highest BCUT2D eigenvalue weighted by Gasteiger charge is 2.16. The lowest BCUT2D eigenvalue weighted by Crippen LogP contribution is -2.13. The molecular weight excluding hydrogens is 420 g/mol. The molecule has 0 fully saturated rings. The second kappa shape index (κ2) is 7.82. The molecule has 4 rings (SSSR count). The van der Waals surface area contributed by atoms with Crippen molar-refractivity contribution in [3.8, 4) is 6.07 Å². The Morgan fingerprint density at radius 3 is 2.70 bits per heavy atom. The largest absolute Gasteiger partial charge is 0.324 e. The molecule has 0 aliphatic rings. The van der Waals surface area contributed by atoms with E-state index < -0.39 is 10.0 Å². The molecule has 1 N–H and O–H groups in total. The Hall–Kier alpha value is -3.34. The summed E-state index contributed by atoms with van der Waals surface area (Å²) in [5.74, 6) is 0.839. The first-order valence-corrected chi connectivity index (χ1v) is 11.0. The number of hydrogen-bond acceptors (Lipinski definition) is 4. The van der Waals surface area contributed by atoms with Crippen LogP contribution in [0.3, 0.4) is 0 Å². The van der Waals surface area contributed by atoms with Crippen LogP contribution in [-0.2, 0) is 16.6 Å². The molecule has 0 spiro atoms. The number of halogens is 1. The lowest BCUT2D eigenvalue weighted by Gasteiger charge is -2.13. The van der Waals surface area contributed by atoms with E-state index in [-0.39, 0.29) is 10.5 Å². The first-order chi connectivity index (χ1) is 14.4. The number of sulfonamides is 1. The summed E-state index contributed by atoms with van der Waals surface area (Å²) in [6.45, 7) is 2.37. The minimum atomic E-state index is -3.84. The van der Waals surface area contributed by atoms with Crippen molar-refractivity contribution in [2.45, 2.75) is 18.4 Å². The van der Waals surface area contributed by atoms with E-state index >= 15 is 0 Å². The second-order valence-electron chi connectivity index (χ2n) is 6.79. The van der Waals surface area contributed by atoms with Crippen LogP contribution in [-0.4, -0.2) is 18.0 Å². The first-order valence-electron chi connectivity index (χ1n) is 9.11. The van der Waals surface area contributed by atoms with E-state index in [2.05, 4.69) is 9.71 Å². The zero-order valence-corrected chi connectivity index (χ0v) is 17.6. The van der Waals surface area contributed by atoms with Crippen molar-refractivity contribution in [3.05, 3.63) is 88.7 Å². The van der Waals surface area contributed by atoms with Crippen LogP contribution < -0.4 is 4.72 Å². The molecule has 3 aromatic carbocycles. The molecule has 0 saturated heterocycles. The SMILES string of the molecule is Cc1nc2ccccc2n1Cc1cc(NS(=O)(=O)c2cccc(C#N)c2)ccc1Cl. The molecular formula is C22H17ClN4O2S. The molecule has 30 heavy (non-hydrogen) atoms. The molecule has 0 aliphatic heterocycles. The number of nitrogens with one attached hydrogen (secondary N) is 1. The molecule has 8 heteroatoms. The Bertz CT molecular complexity index is 1400. The molecule has 6 nitrogen and oxygen atoms in total. The molecule has 0 saturated carbocycles. The smallest absolute Gasteiger partial charge is 0.261 e. The van der Waals surface area contributed by atoms with Gasteiger partial charge in [0.2, 0.25) is 0 Å². The van der Waals surface area contributed by atoms with Crippen molar-refractivity contribution in [3.63, 3.8) is 0 Å². The van der Waals surface area contributed by atoms with Crippen molar-refractivity contribution in [1.82, 2.24) is 9.55 Å². The van der Waals surface area contributed by atoms with Gasteiger partial charge in [0.1, 0.15) is 5.82 Å². The van der Waals surface area contributed by atoms with E-state index in [1.54, 1.807) is 24.3 Å². The van der Waals surface area contributed by atoms with E-state index in [0.717, 1.165) is 22.4 Å². The van der Waals surface area contributed by atoms with Gasteiger partial charge in [-0.3, -0.25) is 4.72 Å². The molecule has 0 radical (unpaired) electrons. The van der Waals surface area contributed by atoms with Crippen molar-refractivity contribution in [2.75, 3.05) is 4.72 Å². The van der Waals surface area contributed by atoms with Crippen LogP contribution in [0.2, 0.25) is 5.02 Å². The van der Waals surface area contributed by atoms with Crippen LogP contribution >= 0.6 is 11.6 Å². The van der Waals surface area contributed by atoms with Gasteiger partial charge in [0.15, 0.2) is 0 Å². The van der Waals surface area contributed by atoms with E-state index in [1.165, 1.54) is 18.2 Å². The van der Waals surface area contributed by atoms with Gasteiger partial charge in [0, 0.05) is 10.7 Å². The zero-order valence-electron chi connectivity index (χ0n) is 16.0. The maximum absolute atomic E-state index is 12.7. The van der Waals surface area contributed by atoms with Crippen molar-refractivity contribution in [2.24, 2.45) is 0 Å². The van der Waals surface area contributed by atoms with Crippen molar-refractivity contribution >= 4 is 38.3 Å². The average molecular weight is 437 g/mol. The number of hydrogen-bond donors (Lipinski definition) is 1. The summed E-state index contributed by atoms with van der Waals surface area (Å²) < 4.78 is 30.1. The Morgan fingerprint density at radius 1 is 1.10 bits per heavy atom. The molecule has 0 atom stereocenters. The number of nitrogens with zero attached hydrogens (tertiary/aromatic N) is 3. The number of fused-ring (bicyclic) bond motifs is 1. The summed E-state index contributed by atoms with van der Waals surface area (Å²) in [6, 6.07) is 20.6. The quantitative estimate of drug-likeness (QED) is 0.490. The molecule has 0 unspecified atom stereocenters. The number of aryl methyl sites for hydroxylation is 1. The zero-order chi connectivity index (χ0) is 21.3. The lowest BCUT2D eigenvalue weighted by atomic mass is 10.2. The van der Waals surface area contributed by atoms with E-state index in [4.69, 9.17) is 16.9 Å². The van der Waals surface area contributed by atoms with Gasteiger partial charge in [-0.1, -0.05) is 29.8 Å². The van der Waals surface area contributed by atoms with Crippen LogP contribution in [0.5, 0.6) is 0 Å². The third-order valence-electron chi connectivity index (χ3n) is 4.75. The number of imidazole rings is 1. The van der Waals surface area contributed by atoms with Crippen molar-refractivity contribution < 1.29 is 8.42 Å². The van der Waals surface area contributed by atoms with E-state index in [1.807, 2.05) is 41.8 Å². The molecule has 4 aromatic rings. The number of rotatable bonds is 5. The summed E-state index contributed by atoms with van der Waals surface area (Å²) in [7, 11) is -3.84. The van der Waals surface area contributed by atoms with Crippen molar-refractivity contribution in [1.29, 1.82) is 5.26 Å². The summed E-state index contributed by atoms with van der Waals surface area (Å²) in [5, 5.41) is 9.55. The number of benzene rings is 3. The molecule has 1 aromatic heterocycles. The minimum absolute atomic E-state index is 0.0227. The number of anilines is 1. The molecule has 0 bridgehead atoms. The van der Waals surface area contributed by atoms with Gasteiger partial charge < -0.3 is 4.57 Å². The normalized spacial score (nSPS) is 11.4. The fraction of sp³-hybridized carbons (Fsp3) is 0.0909. The number of nitriles is 1. The fourth-order valence-electron chi connectivity index (χ4n) is 3.27. The molecule has 1 heterocycles. The fourth-order valence-corrected chi connectivity index (χ4v) is 4.54. The van der Waals surface area contributed by atoms with Crippen LogP contribution in [0.4, 0.5) is 5.69 Å². The van der Waals surface area contributed by atoms with E-state index in [0.29, 0.717) is 17.3 Å². The number of aromatic nitrogens is 2.